The molecular formula is C24H33N3O3S. The van der Waals surface area contributed by atoms with Gasteiger partial charge >= 0.3 is 0 Å². The van der Waals surface area contributed by atoms with E-state index in [9.17, 15) is 13.2 Å². The van der Waals surface area contributed by atoms with Gasteiger partial charge in [0.05, 0.1) is 10.6 Å². The zero-order valence-electron chi connectivity index (χ0n) is 18.6. The Hall–Kier alpha value is -2.38. The number of nitrogens with zero attached hydrogens (tertiary/aromatic N) is 2. The van der Waals surface area contributed by atoms with Gasteiger partial charge in [-0.2, -0.15) is 0 Å². The van der Waals surface area contributed by atoms with Gasteiger partial charge in [-0.1, -0.05) is 38.1 Å². The first kappa shape index (κ1) is 23.3. The minimum Gasteiger partial charge on any atom is -0.352 e. The Morgan fingerprint density at radius 2 is 1.74 bits per heavy atom. The van der Waals surface area contributed by atoms with Gasteiger partial charge in [-0.25, -0.2) is 8.42 Å². The van der Waals surface area contributed by atoms with Gasteiger partial charge in [0.15, 0.2) is 0 Å². The Balaban J connectivity index is 1.57. The summed E-state index contributed by atoms with van der Waals surface area (Å²) in [7, 11) is -2.24. The fraction of sp³-hybridized carbons (Fsp3) is 0.458. The van der Waals surface area contributed by atoms with Crippen LogP contribution in [0, 0.1) is 11.8 Å². The zero-order chi connectivity index (χ0) is 22.4. The number of amides is 1. The summed E-state index contributed by atoms with van der Waals surface area (Å²) in [6.45, 7) is 8.35. The number of likely N-dealkylation sites (tertiary alicyclic amines) is 1. The number of rotatable bonds is 8. The van der Waals surface area contributed by atoms with Crippen molar-refractivity contribution >= 4 is 21.6 Å². The van der Waals surface area contributed by atoms with Crippen LogP contribution >= 0.6 is 0 Å². The van der Waals surface area contributed by atoms with E-state index in [4.69, 9.17) is 0 Å². The van der Waals surface area contributed by atoms with E-state index >= 15 is 0 Å². The summed E-state index contributed by atoms with van der Waals surface area (Å²) in [5, 5.41) is 2.93. The molecule has 2 aromatic carbocycles. The van der Waals surface area contributed by atoms with E-state index < -0.39 is 10.0 Å². The summed E-state index contributed by atoms with van der Waals surface area (Å²) in [5.41, 5.74) is 0.918. The Morgan fingerprint density at radius 3 is 2.42 bits per heavy atom. The fourth-order valence-electron chi connectivity index (χ4n) is 4.31. The molecule has 1 amide bonds. The molecule has 1 aliphatic heterocycles. The lowest BCUT2D eigenvalue weighted by molar-refractivity contribution is 0.0947. The molecule has 7 heteroatoms. The molecule has 0 spiro atoms. The molecule has 2 atom stereocenters. The van der Waals surface area contributed by atoms with Gasteiger partial charge in [0, 0.05) is 32.2 Å². The third-order valence-electron chi connectivity index (χ3n) is 5.76. The van der Waals surface area contributed by atoms with Gasteiger partial charge in [0.1, 0.15) is 0 Å². The topological polar surface area (TPSA) is 69.7 Å². The molecule has 1 N–H and O–H groups in total. The van der Waals surface area contributed by atoms with E-state index in [1.54, 1.807) is 36.4 Å². The van der Waals surface area contributed by atoms with Crippen molar-refractivity contribution in [2.75, 3.05) is 37.5 Å². The number of benzene rings is 2. The molecule has 168 valence electrons. The predicted molar refractivity (Wildman–Crippen MR) is 125 cm³/mol. The Labute approximate surface area is 186 Å². The van der Waals surface area contributed by atoms with E-state index in [1.165, 1.54) is 29.9 Å². The van der Waals surface area contributed by atoms with Crippen LogP contribution in [-0.4, -0.2) is 52.5 Å². The smallest absolute Gasteiger partial charge is 0.264 e. The van der Waals surface area contributed by atoms with Gasteiger partial charge in [-0.05, 0) is 61.6 Å². The van der Waals surface area contributed by atoms with Crippen LogP contribution < -0.4 is 9.62 Å². The summed E-state index contributed by atoms with van der Waals surface area (Å²) in [4.78, 5) is 15.2. The minimum absolute atomic E-state index is 0.0998. The van der Waals surface area contributed by atoms with Gasteiger partial charge in [-0.15, -0.1) is 0 Å². The van der Waals surface area contributed by atoms with Crippen molar-refractivity contribution in [3.8, 4) is 0 Å². The van der Waals surface area contributed by atoms with Crippen LogP contribution in [0.2, 0.25) is 0 Å². The van der Waals surface area contributed by atoms with Gasteiger partial charge < -0.3 is 10.2 Å². The van der Waals surface area contributed by atoms with Crippen molar-refractivity contribution in [3.05, 3.63) is 60.2 Å². The van der Waals surface area contributed by atoms with Crippen molar-refractivity contribution < 1.29 is 13.2 Å². The Kier molecular flexibility index (Phi) is 7.73. The second-order valence-corrected chi connectivity index (χ2v) is 10.6. The summed E-state index contributed by atoms with van der Waals surface area (Å²) < 4.78 is 27.2. The molecule has 1 aliphatic rings. The van der Waals surface area contributed by atoms with Crippen LogP contribution in [0.25, 0.3) is 0 Å². The number of hydrogen-bond acceptors (Lipinski definition) is 4. The number of piperidine rings is 1. The van der Waals surface area contributed by atoms with Crippen molar-refractivity contribution in [2.24, 2.45) is 11.8 Å². The third kappa shape index (κ3) is 6.08. The second-order valence-electron chi connectivity index (χ2n) is 8.65. The van der Waals surface area contributed by atoms with Gasteiger partial charge in [0.25, 0.3) is 15.9 Å². The van der Waals surface area contributed by atoms with Crippen LogP contribution in [0.3, 0.4) is 0 Å². The molecule has 0 unspecified atom stereocenters. The molecule has 1 fully saturated rings. The number of carbonyl (C=O) groups excluding carboxylic acids is 1. The number of anilines is 1. The summed E-state index contributed by atoms with van der Waals surface area (Å²) in [6, 6.07) is 15.1. The maximum Gasteiger partial charge on any atom is 0.264 e. The largest absolute Gasteiger partial charge is 0.352 e. The Morgan fingerprint density at radius 1 is 1.06 bits per heavy atom. The van der Waals surface area contributed by atoms with E-state index in [2.05, 4.69) is 24.1 Å². The van der Waals surface area contributed by atoms with Crippen molar-refractivity contribution in [3.63, 3.8) is 0 Å². The monoisotopic (exact) mass is 443 g/mol. The molecule has 0 saturated carbocycles. The van der Waals surface area contributed by atoms with Gasteiger partial charge in [-0.3, -0.25) is 9.10 Å². The first-order chi connectivity index (χ1) is 14.8. The molecule has 31 heavy (non-hydrogen) atoms. The number of hydrogen-bond donors (Lipinski definition) is 1. The quantitative estimate of drug-likeness (QED) is 0.633. The van der Waals surface area contributed by atoms with E-state index in [-0.39, 0.29) is 10.8 Å². The summed E-state index contributed by atoms with van der Waals surface area (Å²) in [6.07, 6.45) is 2.16. The van der Waals surface area contributed by atoms with Crippen LogP contribution in [0.1, 0.15) is 37.0 Å². The normalized spacial score (nSPS) is 19.7. The maximum absolute atomic E-state index is 13.0. The third-order valence-corrected chi connectivity index (χ3v) is 7.54. The van der Waals surface area contributed by atoms with Crippen LogP contribution in [-0.2, 0) is 10.0 Å². The molecule has 0 aliphatic carbocycles. The average molecular weight is 444 g/mol. The lowest BCUT2D eigenvalue weighted by Crippen LogP contribution is -2.40. The maximum atomic E-state index is 13.0. The molecule has 6 nitrogen and oxygen atoms in total. The molecule has 3 rings (SSSR count). The lowest BCUT2D eigenvalue weighted by atomic mass is 9.92. The molecule has 1 saturated heterocycles. The number of para-hydroxylation sites is 1. The molecule has 2 aromatic rings. The molecule has 0 radical (unpaired) electrons. The van der Waals surface area contributed by atoms with Crippen LogP contribution in [0.5, 0.6) is 0 Å². The van der Waals surface area contributed by atoms with Crippen LogP contribution in [0.15, 0.2) is 59.5 Å². The highest BCUT2D eigenvalue weighted by molar-refractivity contribution is 7.92. The predicted octanol–water partition coefficient (Wildman–Crippen LogP) is 3.61. The van der Waals surface area contributed by atoms with Gasteiger partial charge in [0.2, 0.25) is 0 Å². The van der Waals surface area contributed by atoms with Crippen molar-refractivity contribution in [2.45, 2.75) is 31.6 Å². The highest BCUT2D eigenvalue weighted by atomic mass is 32.2. The highest BCUT2D eigenvalue weighted by Gasteiger charge is 2.23. The lowest BCUT2D eigenvalue weighted by Gasteiger charge is -2.34. The van der Waals surface area contributed by atoms with Crippen molar-refractivity contribution in [1.29, 1.82) is 0 Å². The second kappa shape index (κ2) is 10.3. The number of sulfonamides is 1. The number of nitrogens with one attached hydrogen (secondary N) is 1. The van der Waals surface area contributed by atoms with E-state index in [0.717, 1.165) is 37.9 Å². The summed E-state index contributed by atoms with van der Waals surface area (Å²) >= 11 is 0. The minimum atomic E-state index is -3.75. The zero-order valence-corrected chi connectivity index (χ0v) is 19.4. The first-order valence-corrected chi connectivity index (χ1v) is 12.4. The standard InChI is InChI=1S/C24H33N3O3S/c1-19-15-20(2)18-27(17-19)14-8-13-25-24(28)21-9-7-12-23(16-21)31(29,30)26(3)22-10-5-4-6-11-22/h4-7,9-12,16,19-20H,8,13-15,17-18H2,1-3H3,(H,25,28)/t19-,20-/m0/s1. The average Bonchev–Trinajstić information content (AvgIpc) is 2.76. The fourth-order valence-corrected chi connectivity index (χ4v) is 5.56. The van der Waals surface area contributed by atoms with Crippen molar-refractivity contribution in [1.82, 2.24) is 10.2 Å². The molecule has 0 aromatic heterocycles. The summed E-state index contributed by atoms with van der Waals surface area (Å²) in [5.74, 6) is 1.19. The number of carbonyl (C=O) groups is 1. The molecular weight excluding hydrogens is 410 g/mol. The van der Waals surface area contributed by atoms with E-state index in [1.807, 2.05) is 6.07 Å². The van der Waals surface area contributed by atoms with Crippen LogP contribution in [0.4, 0.5) is 5.69 Å². The molecule has 0 bridgehead atoms. The first-order valence-electron chi connectivity index (χ1n) is 10.9. The Bertz CT molecular complexity index is 969. The highest BCUT2D eigenvalue weighted by Crippen LogP contribution is 2.23. The van der Waals surface area contributed by atoms with E-state index in [0.29, 0.717) is 17.8 Å². The SMILES string of the molecule is C[C@H]1C[C@H](C)CN(CCCNC(=O)c2cccc(S(=O)(=O)N(C)c3ccccc3)c2)C1. The molecule has 1 heterocycles.